The molecule has 3 aromatic heterocycles. The molecular weight excluding hydrogens is 370 g/mol. The number of hydrogen-bond acceptors (Lipinski definition) is 6. The Hall–Kier alpha value is -3.29. The number of carbonyl (C=O) groups excluding carboxylic acids is 1. The number of aromatic nitrogens is 4. The zero-order chi connectivity index (χ0) is 20.4. The third-order valence-electron chi connectivity index (χ3n) is 5.44. The minimum atomic E-state index is -0.207. The van der Waals surface area contributed by atoms with Crippen LogP contribution in [0.4, 0.5) is 0 Å². The van der Waals surface area contributed by atoms with Gasteiger partial charge < -0.3 is 14.4 Å². The quantitative estimate of drug-likeness (QED) is 0.730. The lowest BCUT2D eigenvalue weighted by molar-refractivity contribution is 0.0690. The van der Waals surface area contributed by atoms with Crippen LogP contribution in [0.5, 0.6) is 0 Å². The molecule has 4 rings (SSSR count). The first-order valence-electron chi connectivity index (χ1n) is 9.73. The Morgan fingerprint density at radius 3 is 2.69 bits per heavy atom. The van der Waals surface area contributed by atoms with Crippen LogP contribution in [0, 0.1) is 19.8 Å². The Balaban J connectivity index is 1.39. The summed E-state index contributed by atoms with van der Waals surface area (Å²) in [4.78, 5) is 37.0. The Labute approximate surface area is 168 Å². The van der Waals surface area contributed by atoms with Crippen LogP contribution in [0.3, 0.4) is 0 Å². The molecule has 150 valence electrons. The van der Waals surface area contributed by atoms with E-state index in [1.807, 2.05) is 24.8 Å². The van der Waals surface area contributed by atoms with Crippen molar-refractivity contribution in [2.45, 2.75) is 33.1 Å². The minimum absolute atomic E-state index is 0.0394. The zero-order valence-corrected chi connectivity index (χ0v) is 16.5. The molecule has 0 unspecified atom stereocenters. The van der Waals surface area contributed by atoms with Gasteiger partial charge in [0.1, 0.15) is 12.1 Å². The van der Waals surface area contributed by atoms with Gasteiger partial charge in [0.05, 0.1) is 22.5 Å². The fraction of sp³-hybridized carbons (Fsp3) is 0.381. The number of likely N-dealkylation sites (tertiary alicyclic amines) is 1. The van der Waals surface area contributed by atoms with Crippen LogP contribution in [0.25, 0.3) is 11.3 Å². The number of pyridine rings is 1. The fourth-order valence-electron chi connectivity index (χ4n) is 3.86. The van der Waals surface area contributed by atoms with Crippen LogP contribution in [-0.2, 0) is 6.42 Å². The van der Waals surface area contributed by atoms with E-state index >= 15 is 0 Å². The number of nitrogens with one attached hydrogen (secondary N) is 1. The molecule has 0 radical (unpaired) electrons. The van der Waals surface area contributed by atoms with E-state index in [1.165, 1.54) is 12.3 Å². The van der Waals surface area contributed by atoms with Crippen LogP contribution in [0.1, 0.15) is 40.3 Å². The van der Waals surface area contributed by atoms with Crippen molar-refractivity contribution in [3.05, 3.63) is 63.8 Å². The predicted octanol–water partition coefficient (Wildman–Crippen LogP) is 2.53. The Morgan fingerprint density at radius 2 is 2.03 bits per heavy atom. The van der Waals surface area contributed by atoms with Crippen molar-refractivity contribution < 1.29 is 9.32 Å². The molecule has 0 aliphatic carbocycles. The summed E-state index contributed by atoms with van der Waals surface area (Å²) in [6.07, 6.45) is 5.75. The average Bonchev–Trinajstić information content (AvgIpc) is 3.07. The first-order chi connectivity index (χ1) is 14.0. The molecular formula is C21H23N5O3. The van der Waals surface area contributed by atoms with Gasteiger partial charge in [-0.05, 0) is 51.2 Å². The highest BCUT2D eigenvalue weighted by atomic mass is 16.5. The largest absolute Gasteiger partial charge is 0.361 e. The van der Waals surface area contributed by atoms with Gasteiger partial charge >= 0.3 is 0 Å². The number of rotatable bonds is 4. The molecule has 1 aliphatic heterocycles. The van der Waals surface area contributed by atoms with Crippen LogP contribution in [-0.4, -0.2) is 44.0 Å². The molecule has 1 N–H and O–H groups in total. The molecule has 4 heterocycles. The lowest BCUT2D eigenvalue weighted by atomic mass is 9.91. The van der Waals surface area contributed by atoms with E-state index in [0.717, 1.165) is 47.7 Å². The predicted molar refractivity (Wildman–Crippen MR) is 106 cm³/mol. The molecule has 0 atom stereocenters. The third-order valence-corrected chi connectivity index (χ3v) is 5.44. The smallest absolute Gasteiger partial charge is 0.255 e. The molecule has 0 spiro atoms. The van der Waals surface area contributed by atoms with Crippen molar-refractivity contribution in [1.29, 1.82) is 0 Å². The number of carbonyl (C=O) groups is 1. The molecule has 0 aromatic carbocycles. The maximum atomic E-state index is 12.6. The van der Waals surface area contributed by atoms with Gasteiger partial charge in [-0.15, -0.1) is 0 Å². The summed E-state index contributed by atoms with van der Waals surface area (Å²) in [5.41, 5.74) is 3.87. The van der Waals surface area contributed by atoms with Crippen LogP contribution >= 0.6 is 0 Å². The highest BCUT2D eigenvalue weighted by Gasteiger charge is 2.24. The molecule has 0 bridgehead atoms. The molecule has 0 saturated carbocycles. The van der Waals surface area contributed by atoms with Gasteiger partial charge in [-0.1, -0.05) is 5.16 Å². The SMILES string of the molecule is Cc1noc(C)c1-c1cc(CC2CCN(C(=O)c3ccc(=O)[nH]c3)CC2)ncn1. The molecule has 3 aromatic rings. The summed E-state index contributed by atoms with van der Waals surface area (Å²) in [5.74, 6) is 1.17. The van der Waals surface area contributed by atoms with Crippen molar-refractivity contribution in [3.8, 4) is 11.3 Å². The lowest BCUT2D eigenvalue weighted by Crippen LogP contribution is -2.39. The lowest BCUT2D eigenvalue weighted by Gasteiger charge is -2.32. The highest BCUT2D eigenvalue weighted by Crippen LogP contribution is 2.27. The van der Waals surface area contributed by atoms with Crippen molar-refractivity contribution in [2.75, 3.05) is 13.1 Å². The highest BCUT2D eigenvalue weighted by molar-refractivity contribution is 5.93. The molecule has 8 heteroatoms. The maximum Gasteiger partial charge on any atom is 0.255 e. The van der Waals surface area contributed by atoms with Gasteiger partial charge in [0.25, 0.3) is 5.91 Å². The number of piperidine rings is 1. The van der Waals surface area contributed by atoms with Crippen molar-refractivity contribution in [3.63, 3.8) is 0 Å². The second kappa shape index (κ2) is 7.98. The van der Waals surface area contributed by atoms with Gasteiger partial charge in [-0.2, -0.15) is 0 Å². The van der Waals surface area contributed by atoms with Gasteiger partial charge in [-0.25, -0.2) is 9.97 Å². The van der Waals surface area contributed by atoms with E-state index < -0.39 is 0 Å². The third kappa shape index (κ3) is 4.11. The van der Waals surface area contributed by atoms with Crippen molar-refractivity contribution in [2.24, 2.45) is 5.92 Å². The minimum Gasteiger partial charge on any atom is -0.361 e. The van der Waals surface area contributed by atoms with Crippen molar-refractivity contribution in [1.82, 2.24) is 25.0 Å². The number of nitrogens with zero attached hydrogens (tertiary/aromatic N) is 4. The Morgan fingerprint density at radius 1 is 1.24 bits per heavy atom. The summed E-state index contributed by atoms with van der Waals surface area (Å²) < 4.78 is 5.25. The van der Waals surface area contributed by atoms with E-state index in [-0.39, 0.29) is 11.5 Å². The molecule has 1 amide bonds. The molecule has 1 saturated heterocycles. The number of aromatic amines is 1. The number of H-pyrrole nitrogens is 1. The van der Waals surface area contributed by atoms with Crippen LogP contribution < -0.4 is 5.56 Å². The topological polar surface area (TPSA) is 105 Å². The van der Waals surface area contributed by atoms with Crippen LogP contribution in [0.2, 0.25) is 0 Å². The summed E-state index contributed by atoms with van der Waals surface area (Å²) >= 11 is 0. The second-order valence-electron chi connectivity index (χ2n) is 7.48. The van der Waals surface area contributed by atoms with E-state index in [4.69, 9.17) is 4.52 Å². The first kappa shape index (κ1) is 19.0. The van der Waals surface area contributed by atoms with Crippen molar-refractivity contribution >= 4 is 5.91 Å². The van der Waals surface area contributed by atoms with E-state index in [2.05, 4.69) is 20.1 Å². The Kier molecular flexibility index (Phi) is 5.24. The maximum absolute atomic E-state index is 12.6. The molecule has 1 aliphatic rings. The number of hydrogen-bond donors (Lipinski definition) is 1. The number of amides is 1. The zero-order valence-electron chi connectivity index (χ0n) is 16.5. The molecule has 8 nitrogen and oxygen atoms in total. The molecule has 1 fully saturated rings. The average molecular weight is 393 g/mol. The second-order valence-corrected chi connectivity index (χ2v) is 7.48. The summed E-state index contributed by atoms with van der Waals surface area (Å²) in [7, 11) is 0. The monoisotopic (exact) mass is 393 g/mol. The summed E-state index contributed by atoms with van der Waals surface area (Å²) in [6, 6.07) is 4.96. The first-order valence-corrected chi connectivity index (χ1v) is 9.73. The summed E-state index contributed by atoms with van der Waals surface area (Å²) in [6.45, 7) is 5.18. The Bertz CT molecular complexity index is 1040. The van der Waals surface area contributed by atoms with E-state index in [1.54, 1.807) is 12.4 Å². The van der Waals surface area contributed by atoms with Gasteiger partial charge in [0.2, 0.25) is 5.56 Å². The fourth-order valence-corrected chi connectivity index (χ4v) is 3.86. The standard InChI is InChI=1S/C21H23N5O3/c1-13-20(14(2)29-25-13)18-10-17(23-12-24-18)9-15-5-7-26(8-6-15)21(28)16-3-4-19(27)22-11-16/h3-4,10-12,15H,5-9H2,1-2H3,(H,22,27). The van der Waals surface area contributed by atoms with E-state index in [9.17, 15) is 9.59 Å². The van der Waals surface area contributed by atoms with Gasteiger partial charge in [-0.3, -0.25) is 9.59 Å². The van der Waals surface area contributed by atoms with E-state index in [0.29, 0.717) is 24.6 Å². The van der Waals surface area contributed by atoms with Gasteiger partial charge in [0, 0.05) is 31.0 Å². The normalized spacial score (nSPS) is 14.9. The van der Waals surface area contributed by atoms with Gasteiger partial charge in [0.15, 0.2) is 0 Å². The summed E-state index contributed by atoms with van der Waals surface area (Å²) in [5, 5.41) is 4.00. The number of aryl methyl sites for hydroxylation is 2. The van der Waals surface area contributed by atoms with Crippen LogP contribution in [0.15, 0.2) is 40.0 Å². The molecule has 29 heavy (non-hydrogen) atoms.